The van der Waals surface area contributed by atoms with Gasteiger partial charge in [0.1, 0.15) is 30.3 Å². The number of fused-ring (bicyclic) bond motifs is 1. The van der Waals surface area contributed by atoms with Crippen molar-refractivity contribution in [2.75, 3.05) is 24.7 Å². The molecule has 3 aromatic carbocycles. The highest BCUT2D eigenvalue weighted by Crippen LogP contribution is 2.42. The van der Waals surface area contributed by atoms with Gasteiger partial charge in [-0.15, -0.1) is 0 Å². The summed E-state index contributed by atoms with van der Waals surface area (Å²) in [7, 11) is -1.54. The van der Waals surface area contributed by atoms with Crippen molar-refractivity contribution >= 4 is 43.8 Å². The fraction of sp³-hybridized carbons (Fsp3) is 0.250. The lowest BCUT2D eigenvalue weighted by Gasteiger charge is -2.41. The number of hydrogen-bond acceptors (Lipinski definition) is 9. The molecule has 2 atom stereocenters. The number of rotatable bonds is 13. The molecule has 248 valence electrons. The number of nitrogens with zero attached hydrogens (tertiary/aromatic N) is 4. The van der Waals surface area contributed by atoms with Gasteiger partial charge in [0.05, 0.1) is 45.4 Å². The van der Waals surface area contributed by atoms with Crippen LogP contribution in [0.25, 0.3) is 10.9 Å². The highest BCUT2D eigenvalue weighted by molar-refractivity contribution is 7.91. The van der Waals surface area contributed by atoms with Crippen LogP contribution in [0.15, 0.2) is 109 Å². The Balaban J connectivity index is 1.23. The Morgan fingerprint density at radius 1 is 1.06 bits per heavy atom. The lowest BCUT2D eigenvalue weighted by Crippen LogP contribution is -2.50. The Kier molecular flexibility index (Phi) is 9.91. The standard InChI is InChI=1S/C36H35ClFN5O4S/c1-3-34(43(2)16-18-48(44,45)28-11-5-4-6-12-28)36(15-8-17-47-36)33-21-29-31(22-39-33)40-24-41-35(29)42-27-13-14-32(30(37)20-27)46-23-25-9-7-10-26(38)19-25/h4-14,17,19-22,24,34H,3,15-16,18,23H2,1-2H3,(H,40,41,42). The van der Waals surface area contributed by atoms with Gasteiger partial charge >= 0.3 is 0 Å². The molecule has 2 unspecified atom stereocenters. The number of anilines is 2. The summed E-state index contributed by atoms with van der Waals surface area (Å²) in [6.07, 6.45) is 8.05. The molecular weight excluding hydrogens is 653 g/mol. The van der Waals surface area contributed by atoms with E-state index in [9.17, 15) is 12.8 Å². The lowest BCUT2D eigenvalue weighted by molar-refractivity contribution is -0.0429. The predicted octanol–water partition coefficient (Wildman–Crippen LogP) is 7.45. The van der Waals surface area contributed by atoms with Crippen LogP contribution in [-0.4, -0.2) is 53.7 Å². The minimum atomic E-state index is -3.46. The van der Waals surface area contributed by atoms with Crippen molar-refractivity contribution in [2.24, 2.45) is 0 Å². The summed E-state index contributed by atoms with van der Waals surface area (Å²) in [5, 5.41) is 4.45. The molecule has 0 fully saturated rings. The third-order valence-corrected chi connectivity index (χ3v) is 10.5. The van der Waals surface area contributed by atoms with Crippen LogP contribution >= 0.6 is 11.6 Å². The molecule has 1 N–H and O–H groups in total. The number of aromatic nitrogens is 3. The van der Waals surface area contributed by atoms with Crippen LogP contribution in [0.1, 0.15) is 31.0 Å². The summed E-state index contributed by atoms with van der Waals surface area (Å²) in [4.78, 5) is 16.1. The van der Waals surface area contributed by atoms with Gasteiger partial charge in [-0.2, -0.15) is 0 Å². The van der Waals surface area contributed by atoms with E-state index in [1.54, 1.807) is 67.1 Å². The van der Waals surface area contributed by atoms with E-state index in [1.807, 2.05) is 30.2 Å². The average molecular weight is 688 g/mol. The van der Waals surface area contributed by atoms with E-state index in [-0.39, 0.29) is 24.2 Å². The van der Waals surface area contributed by atoms with E-state index in [1.165, 1.54) is 18.5 Å². The first-order valence-corrected chi connectivity index (χ1v) is 17.6. The second kappa shape index (κ2) is 14.3. The molecule has 0 aliphatic carbocycles. The summed E-state index contributed by atoms with van der Waals surface area (Å²) in [6.45, 7) is 2.54. The van der Waals surface area contributed by atoms with Crippen molar-refractivity contribution in [2.45, 2.75) is 42.9 Å². The summed E-state index contributed by atoms with van der Waals surface area (Å²) in [5.74, 6) is 0.650. The number of halogens is 2. The van der Waals surface area contributed by atoms with Crippen LogP contribution in [0.2, 0.25) is 5.02 Å². The molecule has 9 nitrogen and oxygen atoms in total. The Morgan fingerprint density at radius 2 is 1.90 bits per heavy atom. The molecule has 3 heterocycles. The van der Waals surface area contributed by atoms with E-state index in [4.69, 9.17) is 26.1 Å². The van der Waals surface area contributed by atoms with Crippen molar-refractivity contribution in [1.29, 1.82) is 0 Å². The van der Waals surface area contributed by atoms with Gasteiger partial charge in [0, 0.05) is 24.0 Å². The number of hydrogen-bond donors (Lipinski definition) is 1. The highest BCUT2D eigenvalue weighted by atomic mass is 35.5. The molecule has 0 amide bonds. The van der Waals surface area contributed by atoms with Crippen LogP contribution in [0.3, 0.4) is 0 Å². The van der Waals surface area contributed by atoms with E-state index >= 15 is 0 Å². The smallest absolute Gasteiger partial charge is 0.179 e. The summed E-state index contributed by atoms with van der Waals surface area (Å²) in [6, 6.07) is 21.7. The number of sulfone groups is 1. The predicted molar refractivity (Wildman–Crippen MR) is 185 cm³/mol. The second-order valence-electron chi connectivity index (χ2n) is 11.6. The zero-order valence-corrected chi connectivity index (χ0v) is 28.1. The van der Waals surface area contributed by atoms with E-state index in [0.717, 1.165) is 5.39 Å². The lowest BCUT2D eigenvalue weighted by atomic mass is 9.84. The SMILES string of the molecule is CCC(N(C)CCS(=O)(=O)c1ccccc1)C1(c2cc3c(Nc4ccc(OCc5cccc(F)c5)c(Cl)c4)ncnc3cn2)CC=CO1. The number of nitrogens with one attached hydrogen (secondary N) is 1. The molecule has 0 spiro atoms. The van der Waals surface area contributed by atoms with E-state index in [0.29, 0.717) is 63.3 Å². The van der Waals surface area contributed by atoms with Crippen LogP contribution < -0.4 is 10.1 Å². The average Bonchev–Trinajstić information content (AvgIpc) is 3.58. The van der Waals surface area contributed by atoms with Crippen molar-refractivity contribution in [3.05, 3.63) is 126 Å². The van der Waals surface area contributed by atoms with Gasteiger partial charge in [-0.1, -0.05) is 48.9 Å². The molecule has 0 saturated carbocycles. The Morgan fingerprint density at radius 3 is 2.62 bits per heavy atom. The molecular formula is C36H35ClFN5O4S. The molecule has 12 heteroatoms. The number of ether oxygens (including phenoxy) is 2. The Bertz CT molecular complexity index is 2040. The van der Waals surface area contributed by atoms with Crippen molar-refractivity contribution in [3.8, 4) is 5.75 Å². The monoisotopic (exact) mass is 687 g/mol. The molecule has 6 rings (SSSR count). The molecule has 1 aliphatic heterocycles. The van der Waals surface area contributed by atoms with Crippen molar-refractivity contribution in [1.82, 2.24) is 19.9 Å². The maximum Gasteiger partial charge on any atom is 0.179 e. The maximum absolute atomic E-state index is 13.6. The third kappa shape index (κ3) is 7.13. The first-order chi connectivity index (χ1) is 23.2. The van der Waals surface area contributed by atoms with E-state index < -0.39 is 15.4 Å². The topological polar surface area (TPSA) is 107 Å². The molecule has 48 heavy (non-hydrogen) atoms. The van der Waals surface area contributed by atoms with Crippen LogP contribution in [0.4, 0.5) is 15.9 Å². The van der Waals surface area contributed by atoms with Gasteiger partial charge in [-0.3, -0.25) is 9.88 Å². The minimum absolute atomic E-state index is 0.0300. The molecule has 1 aliphatic rings. The van der Waals surface area contributed by atoms with Crippen LogP contribution in [0, 0.1) is 5.82 Å². The van der Waals surface area contributed by atoms with E-state index in [2.05, 4.69) is 22.2 Å². The fourth-order valence-corrected chi connectivity index (χ4v) is 7.64. The highest BCUT2D eigenvalue weighted by Gasteiger charge is 2.46. The largest absolute Gasteiger partial charge is 0.487 e. The summed E-state index contributed by atoms with van der Waals surface area (Å²) >= 11 is 6.56. The number of benzene rings is 3. The number of pyridine rings is 1. The zero-order valence-electron chi connectivity index (χ0n) is 26.5. The first-order valence-electron chi connectivity index (χ1n) is 15.5. The molecule has 0 bridgehead atoms. The van der Waals surface area contributed by atoms with Crippen molar-refractivity contribution in [3.63, 3.8) is 0 Å². The first kappa shape index (κ1) is 33.3. The normalized spacial score (nSPS) is 16.6. The van der Waals surface area contributed by atoms with Gasteiger partial charge in [-0.05, 0) is 73.6 Å². The summed E-state index contributed by atoms with van der Waals surface area (Å²) in [5.41, 5.74) is 1.83. The molecule has 0 radical (unpaired) electrons. The molecule has 0 saturated heterocycles. The van der Waals surface area contributed by atoms with Crippen LogP contribution in [0.5, 0.6) is 5.75 Å². The van der Waals surface area contributed by atoms with Gasteiger partial charge in [0.2, 0.25) is 0 Å². The van der Waals surface area contributed by atoms with Gasteiger partial charge in [0.25, 0.3) is 0 Å². The zero-order chi connectivity index (χ0) is 33.7. The second-order valence-corrected chi connectivity index (χ2v) is 14.1. The van der Waals surface area contributed by atoms with Crippen molar-refractivity contribution < 1.29 is 22.3 Å². The minimum Gasteiger partial charge on any atom is -0.487 e. The van der Waals surface area contributed by atoms with Crippen LogP contribution in [-0.2, 0) is 26.8 Å². The quantitative estimate of drug-likeness (QED) is 0.135. The Labute approximate surface area is 284 Å². The third-order valence-electron chi connectivity index (χ3n) is 8.50. The summed E-state index contributed by atoms with van der Waals surface area (Å²) < 4.78 is 51.9. The number of likely N-dealkylation sites (N-methyl/N-ethyl adjacent to an activating group) is 1. The van der Waals surface area contributed by atoms with Gasteiger partial charge in [-0.25, -0.2) is 22.8 Å². The molecule has 2 aromatic heterocycles. The van der Waals surface area contributed by atoms with Gasteiger partial charge < -0.3 is 14.8 Å². The van der Waals surface area contributed by atoms with Gasteiger partial charge in [0.15, 0.2) is 15.4 Å². The Hall–Kier alpha value is -4.58. The fourth-order valence-electron chi connectivity index (χ4n) is 6.06. The maximum atomic E-state index is 13.6. The molecule has 5 aromatic rings.